The van der Waals surface area contributed by atoms with Gasteiger partial charge in [0.15, 0.2) is 11.6 Å². The fourth-order valence-corrected chi connectivity index (χ4v) is 4.21. The number of hydrogen-bond acceptors (Lipinski definition) is 4. The molecule has 0 unspecified atom stereocenters. The summed E-state index contributed by atoms with van der Waals surface area (Å²) in [6, 6.07) is 11.1. The van der Waals surface area contributed by atoms with Gasteiger partial charge in [-0.15, -0.1) is 0 Å². The lowest BCUT2D eigenvalue weighted by molar-refractivity contribution is 0.386. The molecule has 2 aromatic carbocycles. The molecule has 0 bridgehead atoms. The predicted octanol–water partition coefficient (Wildman–Crippen LogP) is 3.76. The highest BCUT2D eigenvalue weighted by Gasteiger charge is 2.22. The van der Waals surface area contributed by atoms with Gasteiger partial charge in [0.2, 0.25) is 10.0 Å². The van der Waals surface area contributed by atoms with Gasteiger partial charge in [-0.25, -0.2) is 22.5 Å². The van der Waals surface area contributed by atoms with Crippen molar-refractivity contribution in [1.29, 1.82) is 0 Å². The number of benzene rings is 2. The quantitative estimate of drug-likeness (QED) is 0.704. The molecule has 0 amide bonds. The number of methoxy groups -OCH3 is 1. The Morgan fingerprint density at radius 3 is 2.36 bits per heavy atom. The smallest absolute Gasteiger partial charge is 0.241 e. The lowest BCUT2D eigenvalue weighted by Gasteiger charge is -2.20. The van der Waals surface area contributed by atoms with Crippen LogP contribution < -0.4 is 9.46 Å². The highest BCUT2D eigenvalue weighted by atomic mass is 32.2. The van der Waals surface area contributed by atoms with Crippen molar-refractivity contribution in [2.75, 3.05) is 7.11 Å². The second-order valence-electron chi connectivity index (χ2n) is 7.35. The molecule has 1 heterocycles. The van der Waals surface area contributed by atoms with Crippen molar-refractivity contribution < 1.29 is 17.5 Å². The van der Waals surface area contributed by atoms with Crippen LogP contribution in [0.1, 0.15) is 20.8 Å². The first-order chi connectivity index (χ1) is 13.1. The van der Waals surface area contributed by atoms with Crippen molar-refractivity contribution >= 4 is 10.0 Å². The molecule has 6 nitrogen and oxygen atoms in total. The molecule has 1 N–H and O–H groups in total. The topological polar surface area (TPSA) is 73.2 Å². The number of imidazole rings is 1. The van der Waals surface area contributed by atoms with Crippen LogP contribution in [0.5, 0.6) is 5.75 Å². The summed E-state index contributed by atoms with van der Waals surface area (Å²) >= 11 is 0. The number of ether oxygens (including phenoxy) is 1. The zero-order chi connectivity index (χ0) is 20.5. The normalized spacial score (nSPS) is 12.2. The van der Waals surface area contributed by atoms with E-state index in [4.69, 9.17) is 4.74 Å². The number of sulfonamides is 1. The number of nitrogens with zero attached hydrogens (tertiary/aromatic N) is 2. The summed E-state index contributed by atoms with van der Waals surface area (Å²) in [5.41, 5.74) is 1.43. The Labute approximate surface area is 164 Å². The zero-order valence-electron chi connectivity index (χ0n) is 16.1. The first kappa shape index (κ1) is 20.0. The first-order valence-electron chi connectivity index (χ1n) is 8.61. The van der Waals surface area contributed by atoms with Crippen LogP contribution in [0.3, 0.4) is 0 Å². The van der Waals surface area contributed by atoms with Crippen LogP contribution in [-0.2, 0) is 10.0 Å². The third-order valence-corrected chi connectivity index (χ3v) is 5.73. The molecule has 148 valence electrons. The largest absolute Gasteiger partial charge is 0.494 e. The van der Waals surface area contributed by atoms with Gasteiger partial charge in [0, 0.05) is 16.8 Å². The Bertz CT molecular complexity index is 1080. The van der Waals surface area contributed by atoms with E-state index in [1.807, 2.05) is 0 Å². The van der Waals surface area contributed by atoms with Crippen molar-refractivity contribution in [3.8, 4) is 22.7 Å². The Morgan fingerprint density at radius 2 is 1.79 bits per heavy atom. The molecule has 3 aromatic rings. The number of halogens is 1. The Hall–Kier alpha value is -2.71. The fourth-order valence-electron chi connectivity index (χ4n) is 2.79. The molecular formula is C20H22FN3O3S. The van der Waals surface area contributed by atoms with Gasteiger partial charge >= 0.3 is 0 Å². The predicted molar refractivity (Wildman–Crippen MR) is 106 cm³/mol. The van der Waals surface area contributed by atoms with Gasteiger partial charge in [0.1, 0.15) is 0 Å². The number of rotatable bonds is 5. The summed E-state index contributed by atoms with van der Waals surface area (Å²) in [6.07, 6.45) is 3.21. The molecule has 0 aliphatic carbocycles. The Morgan fingerprint density at radius 1 is 1.11 bits per heavy atom. The minimum Gasteiger partial charge on any atom is -0.494 e. The maximum atomic E-state index is 14.1. The lowest BCUT2D eigenvalue weighted by Crippen LogP contribution is -2.40. The van der Waals surface area contributed by atoms with Gasteiger partial charge in [-0.3, -0.25) is 4.57 Å². The number of aromatic nitrogens is 2. The van der Waals surface area contributed by atoms with E-state index in [0.29, 0.717) is 16.9 Å². The van der Waals surface area contributed by atoms with Crippen LogP contribution in [0.2, 0.25) is 0 Å². The highest BCUT2D eigenvalue weighted by Crippen LogP contribution is 2.27. The average Bonchev–Trinajstić information content (AvgIpc) is 3.09. The third kappa shape index (κ3) is 4.23. The van der Waals surface area contributed by atoms with Gasteiger partial charge in [0.25, 0.3) is 0 Å². The molecule has 1 aromatic heterocycles. The molecule has 0 saturated heterocycles. The van der Waals surface area contributed by atoms with E-state index < -0.39 is 21.4 Å². The van der Waals surface area contributed by atoms with Crippen LogP contribution >= 0.6 is 0 Å². The summed E-state index contributed by atoms with van der Waals surface area (Å²) in [5.74, 6) is -0.307. The van der Waals surface area contributed by atoms with Crippen LogP contribution in [0.4, 0.5) is 4.39 Å². The molecule has 0 aliphatic rings. The highest BCUT2D eigenvalue weighted by molar-refractivity contribution is 7.89. The number of hydrogen-bond donors (Lipinski definition) is 1. The van der Waals surface area contributed by atoms with Crippen LogP contribution in [0.15, 0.2) is 59.9 Å². The molecule has 0 aliphatic heterocycles. The van der Waals surface area contributed by atoms with Crippen molar-refractivity contribution in [2.24, 2.45) is 0 Å². The second-order valence-corrected chi connectivity index (χ2v) is 9.03. The van der Waals surface area contributed by atoms with E-state index >= 15 is 0 Å². The molecule has 0 saturated carbocycles. The molecular weight excluding hydrogens is 381 g/mol. The third-order valence-electron chi connectivity index (χ3n) is 3.95. The lowest BCUT2D eigenvalue weighted by atomic mass is 10.1. The van der Waals surface area contributed by atoms with E-state index in [9.17, 15) is 12.8 Å². The summed E-state index contributed by atoms with van der Waals surface area (Å²) in [7, 11) is -2.21. The van der Waals surface area contributed by atoms with Gasteiger partial charge < -0.3 is 4.74 Å². The molecule has 0 atom stereocenters. The summed E-state index contributed by atoms with van der Waals surface area (Å²) in [5, 5.41) is 0. The van der Waals surface area contributed by atoms with Gasteiger partial charge in [-0.1, -0.05) is 0 Å². The minimum atomic E-state index is -3.62. The van der Waals surface area contributed by atoms with E-state index in [2.05, 4.69) is 9.71 Å². The Kier molecular flexibility index (Phi) is 5.27. The maximum absolute atomic E-state index is 14.1. The van der Waals surface area contributed by atoms with E-state index in [0.717, 1.165) is 0 Å². The SMILES string of the molecule is COc1ccc(-c2cncn2-c2ccc(S(=O)(=O)NC(C)(C)C)cc2)cc1F. The summed E-state index contributed by atoms with van der Waals surface area (Å²) < 4.78 is 48.3. The maximum Gasteiger partial charge on any atom is 0.241 e. The van der Waals surface area contributed by atoms with Crippen molar-refractivity contribution in [3.63, 3.8) is 0 Å². The zero-order valence-corrected chi connectivity index (χ0v) is 16.9. The van der Waals surface area contributed by atoms with E-state index in [1.165, 1.54) is 25.3 Å². The molecule has 8 heteroatoms. The van der Waals surface area contributed by atoms with Gasteiger partial charge in [-0.2, -0.15) is 0 Å². The Balaban J connectivity index is 1.95. The van der Waals surface area contributed by atoms with Crippen molar-refractivity contribution in [3.05, 3.63) is 60.8 Å². The molecule has 0 radical (unpaired) electrons. The summed E-state index contributed by atoms with van der Waals surface area (Å²) in [4.78, 5) is 4.32. The van der Waals surface area contributed by atoms with Gasteiger partial charge in [0.05, 0.1) is 30.2 Å². The van der Waals surface area contributed by atoms with Crippen LogP contribution in [0.25, 0.3) is 16.9 Å². The molecule has 28 heavy (non-hydrogen) atoms. The fraction of sp³-hybridized carbons (Fsp3) is 0.250. The van der Waals surface area contributed by atoms with Crippen LogP contribution in [0, 0.1) is 5.82 Å². The van der Waals surface area contributed by atoms with E-state index in [-0.39, 0.29) is 10.6 Å². The molecule has 0 fully saturated rings. The van der Waals surface area contributed by atoms with Crippen LogP contribution in [-0.4, -0.2) is 30.6 Å². The second kappa shape index (κ2) is 7.37. The van der Waals surface area contributed by atoms with E-state index in [1.54, 1.807) is 62.1 Å². The number of nitrogens with one attached hydrogen (secondary N) is 1. The van der Waals surface area contributed by atoms with Gasteiger partial charge in [-0.05, 0) is 63.2 Å². The average molecular weight is 403 g/mol. The first-order valence-corrected chi connectivity index (χ1v) is 10.1. The molecule has 3 rings (SSSR count). The van der Waals surface area contributed by atoms with Crippen molar-refractivity contribution in [1.82, 2.24) is 14.3 Å². The monoisotopic (exact) mass is 403 g/mol. The van der Waals surface area contributed by atoms with Crippen molar-refractivity contribution in [2.45, 2.75) is 31.2 Å². The summed E-state index contributed by atoms with van der Waals surface area (Å²) in [6.45, 7) is 5.35. The molecule has 0 spiro atoms. The standard InChI is InChI=1S/C20H22FN3O3S/c1-20(2,3)23-28(25,26)16-8-6-15(7-9-16)24-13-22-12-18(24)14-5-10-19(27-4)17(21)11-14/h5-13,23H,1-4H3. The minimum absolute atomic E-state index is 0.163.